The molecule has 7 rings (SSSR count). The fraction of sp³-hybridized carbons (Fsp3) is 0. The smallest absolute Gasteiger partial charge is 0.161 e. The third kappa shape index (κ3) is 3.90. The molecule has 0 aliphatic rings. The van der Waals surface area contributed by atoms with Crippen molar-refractivity contribution in [3.8, 4) is 44.9 Å². The minimum Gasteiger partial charge on any atom is -0.227 e. The molecule has 0 amide bonds. The molecule has 0 aliphatic heterocycles. The molecule has 0 bridgehead atoms. The first-order chi connectivity index (χ1) is 18.3. The SMILES string of the molecule is c1ccc(-c2ccc(-c3nc(-c4ccccc4-c4ccccc4)c4c(n3)sc3ccccc34)cc2)cc1. The minimum absolute atomic E-state index is 0.747. The number of hydrogen-bond acceptors (Lipinski definition) is 3. The lowest BCUT2D eigenvalue weighted by Gasteiger charge is -2.12. The Kier molecular flexibility index (Phi) is 5.34. The van der Waals surface area contributed by atoms with Crippen molar-refractivity contribution in [3.63, 3.8) is 0 Å². The maximum Gasteiger partial charge on any atom is 0.161 e. The quantitative estimate of drug-likeness (QED) is 0.245. The summed E-state index contributed by atoms with van der Waals surface area (Å²) in [5.74, 6) is 0.747. The molecule has 0 spiro atoms. The molecular formula is C34H22N2S. The second-order valence-electron chi connectivity index (χ2n) is 9.03. The van der Waals surface area contributed by atoms with E-state index in [1.165, 1.54) is 32.3 Å². The van der Waals surface area contributed by atoms with Crippen molar-refractivity contribution in [2.45, 2.75) is 0 Å². The predicted molar refractivity (Wildman–Crippen MR) is 157 cm³/mol. The molecular weight excluding hydrogens is 468 g/mol. The number of hydrogen-bond donors (Lipinski definition) is 0. The van der Waals surface area contributed by atoms with Crippen LogP contribution in [-0.2, 0) is 0 Å². The summed E-state index contributed by atoms with van der Waals surface area (Å²) >= 11 is 1.73. The van der Waals surface area contributed by atoms with E-state index in [9.17, 15) is 0 Å². The summed E-state index contributed by atoms with van der Waals surface area (Å²) in [4.78, 5) is 11.3. The highest BCUT2D eigenvalue weighted by Crippen LogP contribution is 2.42. The van der Waals surface area contributed by atoms with Crippen LogP contribution in [0.15, 0.2) is 133 Å². The van der Waals surface area contributed by atoms with Crippen LogP contribution in [-0.4, -0.2) is 9.97 Å². The lowest BCUT2D eigenvalue weighted by molar-refractivity contribution is 1.24. The van der Waals surface area contributed by atoms with Crippen LogP contribution in [0.2, 0.25) is 0 Å². The molecule has 0 saturated heterocycles. The highest BCUT2D eigenvalue weighted by atomic mass is 32.1. The molecule has 37 heavy (non-hydrogen) atoms. The number of nitrogens with zero attached hydrogens (tertiary/aromatic N) is 2. The molecule has 0 saturated carbocycles. The van der Waals surface area contributed by atoms with Crippen LogP contribution in [0.25, 0.3) is 65.2 Å². The summed E-state index contributed by atoms with van der Waals surface area (Å²) in [5, 5.41) is 2.32. The van der Waals surface area contributed by atoms with Crippen molar-refractivity contribution in [3.05, 3.63) is 133 Å². The fourth-order valence-corrected chi connectivity index (χ4v) is 6.02. The van der Waals surface area contributed by atoms with Crippen LogP contribution in [0.3, 0.4) is 0 Å². The van der Waals surface area contributed by atoms with Crippen LogP contribution in [0.1, 0.15) is 0 Å². The average Bonchev–Trinajstić information content (AvgIpc) is 3.36. The van der Waals surface area contributed by atoms with E-state index in [0.29, 0.717) is 0 Å². The van der Waals surface area contributed by atoms with Gasteiger partial charge >= 0.3 is 0 Å². The first-order valence-electron chi connectivity index (χ1n) is 12.4. The summed E-state index contributed by atoms with van der Waals surface area (Å²) in [6.45, 7) is 0. The molecule has 174 valence electrons. The molecule has 0 radical (unpaired) electrons. The Hall–Kier alpha value is -4.60. The summed E-state index contributed by atoms with van der Waals surface area (Å²) in [7, 11) is 0. The average molecular weight is 491 g/mol. The van der Waals surface area contributed by atoms with Crippen LogP contribution in [0.4, 0.5) is 0 Å². The lowest BCUT2D eigenvalue weighted by Crippen LogP contribution is -1.95. The van der Waals surface area contributed by atoms with Crippen LogP contribution in [0, 0.1) is 0 Å². The third-order valence-corrected chi connectivity index (χ3v) is 7.82. The molecule has 0 N–H and O–H groups in total. The zero-order chi connectivity index (χ0) is 24.6. The zero-order valence-electron chi connectivity index (χ0n) is 20.0. The zero-order valence-corrected chi connectivity index (χ0v) is 20.8. The van der Waals surface area contributed by atoms with E-state index < -0.39 is 0 Å². The molecule has 0 atom stereocenters. The molecule has 0 fully saturated rings. The van der Waals surface area contributed by atoms with Gasteiger partial charge in [-0.1, -0.05) is 127 Å². The summed E-state index contributed by atoms with van der Waals surface area (Å²) < 4.78 is 1.22. The molecule has 3 heteroatoms. The first kappa shape index (κ1) is 21.7. The highest BCUT2D eigenvalue weighted by molar-refractivity contribution is 7.25. The van der Waals surface area contributed by atoms with E-state index in [2.05, 4.69) is 127 Å². The van der Waals surface area contributed by atoms with Gasteiger partial charge in [-0.3, -0.25) is 0 Å². The van der Waals surface area contributed by atoms with Crippen LogP contribution < -0.4 is 0 Å². The first-order valence-corrected chi connectivity index (χ1v) is 13.2. The van der Waals surface area contributed by atoms with E-state index in [1.807, 2.05) is 6.07 Å². The minimum atomic E-state index is 0.747. The van der Waals surface area contributed by atoms with Crippen molar-refractivity contribution < 1.29 is 0 Å². The van der Waals surface area contributed by atoms with E-state index in [0.717, 1.165) is 32.9 Å². The van der Waals surface area contributed by atoms with E-state index in [4.69, 9.17) is 9.97 Å². The van der Waals surface area contributed by atoms with Gasteiger partial charge in [0.15, 0.2) is 5.82 Å². The van der Waals surface area contributed by atoms with Gasteiger partial charge in [0, 0.05) is 26.6 Å². The second kappa shape index (κ2) is 9.12. The van der Waals surface area contributed by atoms with Crippen LogP contribution in [0.5, 0.6) is 0 Å². The maximum atomic E-state index is 5.25. The molecule has 0 aliphatic carbocycles. The Morgan fingerprint density at radius 2 is 1.00 bits per heavy atom. The predicted octanol–water partition coefficient (Wildman–Crippen LogP) is 9.51. The topological polar surface area (TPSA) is 25.8 Å². The Morgan fingerprint density at radius 1 is 0.432 bits per heavy atom. The number of thiophene rings is 1. The lowest BCUT2D eigenvalue weighted by atomic mass is 9.95. The van der Waals surface area contributed by atoms with Crippen molar-refractivity contribution in [2.24, 2.45) is 0 Å². The maximum absolute atomic E-state index is 5.25. The largest absolute Gasteiger partial charge is 0.227 e. The number of aromatic nitrogens is 2. The fourth-order valence-electron chi connectivity index (χ4n) is 4.95. The van der Waals surface area contributed by atoms with E-state index in [-0.39, 0.29) is 0 Å². The number of rotatable bonds is 4. The van der Waals surface area contributed by atoms with Crippen molar-refractivity contribution in [1.82, 2.24) is 9.97 Å². The van der Waals surface area contributed by atoms with Gasteiger partial charge in [-0.05, 0) is 28.3 Å². The van der Waals surface area contributed by atoms with Gasteiger partial charge in [-0.15, -0.1) is 11.3 Å². The van der Waals surface area contributed by atoms with E-state index >= 15 is 0 Å². The highest BCUT2D eigenvalue weighted by Gasteiger charge is 2.19. The Morgan fingerprint density at radius 3 is 1.76 bits per heavy atom. The normalized spacial score (nSPS) is 11.2. The summed E-state index contributed by atoms with van der Waals surface area (Å²) in [6.07, 6.45) is 0. The summed E-state index contributed by atoms with van der Waals surface area (Å²) in [5.41, 5.74) is 7.84. The Labute approximate surface area is 219 Å². The Bertz CT molecular complexity index is 1850. The van der Waals surface area contributed by atoms with Gasteiger partial charge in [0.05, 0.1) is 5.69 Å². The van der Waals surface area contributed by atoms with Crippen molar-refractivity contribution in [1.29, 1.82) is 0 Å². The number of benzene rings is 5. The van der Waals surface area contributed by atoms with Gasteiger partial charge < -0.3 is 0 Å². The molecule has 2 aromatic heterocycles. The van der Waals surface area contributed by atoms with Gasteiger partial charge in [0.1, 0.15) is 4.83 Å². The Balaban J connectivity index is 1.46. The molecule has 0 unspecified atom stereocenters. The van der Waals surface area contributed by atoms with Gasteiger partial charge in [-0.2, -0.15) is 0 Å². The van der Waals surface area contributed by atoms with Crippen molar-refractivity contribution in [2.75, 3.05) is 0 Å². The third-order valence-electron chi connectivity index (χ3n) is 6.76. The number of fused-ring (bicyclic) bond motifs is 3. The monoisotopic (exact) mass is 490 g/mol. The van der Waals surface area contributed by atoms with Gasteiger partial charge in [0.25, 0.3) is 0 Å². The second-order valence-corrected chi connectivity index (χ2v) is 10.1. The molecule has 2 nitrogen and oxygen atoms in total. The molecule has 7 aromatic rings. The van der Waals surface area contributed by atoms with E-state index in [1.54, 1.807) is 11.3 Å². The summed E-state index contributed by atoms with van der Waals surface area (Å²) in [6, 6.07) is 46.6. The van der Waals surface area contributed by atoms with Crippen molar-refractivity contribution >= 4 is 31.6 Å². The molecule has 5 aromatic carbocycles. The molecule has 2 heterocycles. The standard InChI is InChI=1S/C34H22N2S/c1-3-11-23(12-4-1)24-19-21-26(22-20-24)33-35-32(31-29-17-9-10-18-30(29)37-34(31)36-33)28-16-8-7-15-27(28)25-13-5-2-6-14-25/h1-22H. The van der Waals surface area contributed by atoms with Crippen LogP contribution >= 0.6 is 11.3 Å². The van der Waals surface area contributed by atoms with Gasteiger partial charge in [0.2, 0.25) is 0 Å². The van der Waals surface area contributed by atoms with Gasteiger partial charge in [-0.25, -0.2) is 9.97 Å².